The monoisotopic (exact) mass is 333 g/mol. The number of hydrogen-bond acceptors (Lipinski definition) is 4. The van der Waals surface area contributed by atoms with Crippen LogP contribution in [-0.2, 0) is 0 Å². The van der Waals surface area contributed by atoms with E-state index >= 15 is 0 Å². The summed E-state index contributed by atoms with van der Waals surface area (Å²) in [6, 6.07) is 5.26. The van der Waals surface area contributed by atoms with E-state index in [9.17, 15) is 10.2 Å². The maximum atomic E-state index is 9.96. The Morgan fingerprint density at radius 2 is 2.14 bits per heavy atom. The van der Waals surface area contributed by atoms with Gasteiger partial charge in [-0.15, -0.1) is 0 Å². The van der Waals surface area contributed by atoms with E-state index in [1.165, 1.54) is 0 Å². The molecule has 0 aliphatic heterocycles. The average Bonchev–Trinajstić information content (AvgIpc) is 2.91. The van der Waals surface area contributed by atoms with Gasteiger partial charge in [-0.05, 0) is 37.0 Å². The first-order chi connectivity index (χ1) is 10.1. The fourth-order valence-electron chi connectivity index (χ4n) is 2.65. The molecule has 3 N–H and O–H groups in total. The zero-order valence-corrected chi connectivity index (χ0v) is 13.3. The number of nitrogens with one attached hydrogen (secondary N) is 1. The summed E-state index contributed by atoms with van der Waals surface area (Å²) in [7, 11) is 0. The summed E-state index contributed by atoms with van der Waals surface area (Å²) in [6.45, 7) is 0.794. The Bertz CT molecular complexity index is 459. The van der Waals surface area contributed by atoms with Crippen LogP contribution in [0, 0.1) is 5.92 Å². The molecule has 0 bridgehead atoms. The van der Waals surface area contributed by atoms with Crippen LogP contribution in [-0.4, -0.2) is 42.1 Å². The van der Waals surface area contributed by atoms with E-state index in [1.54, 1.807) is 18.2 Å². The van der Waals surface area contributed by atoms with Gasteiger partial charge in [0.25, 0.3) is 0 Å². The Labute approximate surface area is 135 Å². The number of hydrogen-bond donors (Lipinski definition) is 3. The van der Waals surface area contributed by atoms with Crippen molar-refractivity contribution in [3.63, 3.8) is 0 Å². The number of rotatable bonds is 7. The molecular formula is C15H21Cl2NO3. The predicted octanol–water partition coefficient (Wildman–Crippen LogP) is 2.48. The first kappa shape index (κ1) is 16.8. The second-order valence-corrected chi connectivity index (χ2v) is 6.27. The van der Waals surface area contributed by atoms with Gasteiger partial charge in [0, 0.05) is 24.2 Å². The van der Waals surface area contributed by atoms with Gasteiger partial charge in [0.15, 0.2) is 0 Å². The van der Waals surface area contributed by atoms with Crippen molar-refractivity contribution in [2.45, 2.75) is 31.4 Å². The molecule has 3 atom stereocenters. The van der Waals surface area contributed by atoms with Gasteiger partial charge in [0.05, 0.1) is 5.02 Å². The van der Waals surface area contributed by atoms with Crippen molar-refractivity contribution in [2.75, 3.05) is 19.8 Å². The molecule has 0 radical (unpaired) electrons. The second-order valence-electron chi connectivity index (χ2n) is 5.43. The SMILES string of the molecule is OCC1CCCC1NCC(O)COc1ccc(Cl)cc1Cl. The number of aliphatic hydroxyl groups excluding tert-OH is 2. The van der Waals surface area contributed by atoms with Crippen LogP contribution < -0.4 is 10.1 Å². The molecule has 0 spiro atoms. The molecule has 1 aliphatic carbocycles. The third kappa shape index (κ3) is 5.01. The van der Waals surface area contributed by atoms with Gasteiger partial charge in [-0.1, -0.05) is 29.6 Å². The van der Waals surface area contributed by atoms with Gasteiger partial charge in [-0.2, -0.15) is 0 Å². The van der Waals surface area contributed by atoms with Crippen LogP contribution in [0.2, 0.25) is 10.0 Å². The molecule has 1 aliphatic rings. The van der Waals surface area contributed by atoms with Crippen molar-refractivity contribution in [1.29, 1.82) is 0 Å². The number of benzene rings is 1. The van der Waals surface area contributed by atoms with Crippen LogP contribution in [0.5, 0.6) is 5.75 Å². The van der Waals surface area contributed by atoms with Gasteiger partial charge in [-0.25, -0.2) is 0 Å². The van der Waals surface area contributed by atoms with Crippen LogP contribution in [0.25, 0.3) is 0 Å². The van der Waals surface area contributed by atoms with E-state index in [4.69, 9.17) is 27.9 Å². The molecule has 6 heteroatoms. The summed E-state index contributed by atoms with van der Waals surface area (Å²) >= 11 is 11.8. The minimum atomic E-state index is -0.628. The summed E-state index contributed by atoms with van der Waals surface area (Å²) in [5, 5.41) is 23.5. The minimum Gasteiger partial charge on any atom is -0.489 e. The molecule has 1 aromatic carbocycles. The molecule has 21 heavy (non-hydrogen) atoms. The highest BCUT2D eigenvalue weighted by Crippen LogP contribution is 2.27. The molecule has 0 saturated heterocycles. The molecule has 4 nitrogen and oxygen atoms in total. The van der Waals surface area contributed by atoms with E-state index in [2.05, 4.69) is 5.32 Å². The van der Waals surface area contributed by atoms with E-state index < -0.39 is 6.10 Å². The Kier molecular flexibility index (Phi) is 6.58. The highest BCUT2D eigenvalue weighted by molar-refractivity contribution is 6.35. The Balaban J connectivity index is 1.73. The lowest BCUT2D eigenvalue weighted by Crippen LogP contribution is -2.40. The van der Waals surface area contributed by atoms with Crippen LogP contribution in [0.15, 0.2) is 18.2 Å². The van der Waals surface area contributed by atoms with Gasteiger partial charge in [-0.3, -0.25) is 0 Å². The maximum absolute atomic E-state index is 9.96. The van der Waals surface area contributed by atoms with Crippen LogP contribution in [0.3, 0.4) is 0 Å². The first-order valence-corrected chi connectivity index (χ1v) is 7.96. The molecule has 3 unspecified atom stereocenters. The molecule has 0 amide bonds. The average molecular weight is 334 g/mol. The molecule has 0 aromatic heterocycles. The lowest BCUT2D eigenvalue weighted by atomic mass is 10.1. The Morgan fingerprint density at radius 1 is 1.33 bits per heavy atom. The third-order valence-corrected chi connectivity index (χ3v) is 4.36. The van der Waals surface area contributed by atoms with Crippen molar-refractivity contribution in [3.05, 3.63) is 28.2 Å². The molecule has 118 valence electrons. The summed E-state index contributed by atoms with van der Waals surface area (Å²) < 4.78 is 5.49. The molecular weight excluding hydrogens is 313 g/mol. The minimum absolute atomic E-state index is 0.158. The van der Waals surface area contributed by atoms with E-state index in [0.717, 1.165) is 19.3 Å². The molecule has 0 heterocycles. The summed E-state index contributed by atoms with van der Waals surface area (Å²) in [5.74, 6) is 0.804. The largest absolute Gasteiger partial charge is 0.489 e. The lowest BCUT2D eigenvalue weighted by Gasteiger charge is -2.21. The van der Waals surface area contributed by atoms with Gasteiger partial charge < -0.3 is 20.3 Å². The fourth-order valence-corrected chi connectivity index (χ4v) is 3.11. The van der Waals surface area contributed by atoms with Crippen molar-refractivity contribution in [2.24, 2.45) is 5.92 Å². The number of ether oxygens (including phenoxy) is 1. The zero-order chi connectivity index (χ0) is 15.2. The van der Waals surface area contributed by atoms with Crippen molar-refractivity contribution >= 4 is 23.2 Å². The first-order valence-electron chi connectivity index (χ1n) is 7.20. The third-order valence-electron chi connectivity index (χ3n) is 3.83. The predicted molar refractivity (Wildman–Crippen MR) is 84.2 cm³/mol. The molecule has 2 rings (SSSR count). The highest BCUT2D eigenvalue weighted by Gasteiger charge is 2.26. The van der Waals surface area contributed by atoms with E-state index in [0.29, 0.717) is 28.3 Å². The van der Waals surface area contributed by atoms with Crippen molar-refractivity contribution in [1.82, 2.24) is 5.32 Å². The van der Waals surface area contributed by atoms with E-state index in [1.807, 2.05) is 0 Å². The number of aliphatic hydroxyl groups is 2. The van der Waals surface area contributed by atoms with E-state index in [-0.39, 0.29) is 19.3 Å². The molecule has 1 saturated carbocycles. The highest BCUT2D eigenvalue weighted by atomic mass is 35.5. The Morgan fingerprint density at radius 3 is 2.86 bits per heavy atom. The van der Waals surface area contributed by atoms with Crippen LogP contribution in [0.1, 0.15) is 19.3 Å². The standard InChI is InChI=1S/C15H21Cl2NO3/c16-11-4-5-15(13(17)6-11)21-9-12(20)7-18-14-3-1-2-10(14)8-19/h4-6,10,12,14,18-20H,1-3,7-9H2. The van der Waals surface area contributed by atoms with Crippen molar-refractivity contribution in [3.8, 4) is 5.75 Å². The summed E-state index contributed by atoms with van der Waals surface area (Å²) in [5.41, 5.74) is 0. The smallest absolute Gasteiger partial charge is 0.138 e. The van der Waals surface area contributed by atoms with Crippen LogP contribution >= 0.6 is 23.2 Å². The van der Waals surface area contributed by atoms with Gasteiger partial charge in [0.1, 0.15) is 18.5 Å². The summed E-state index contributed by atoms with van der Waals surface area (Å²) in [6.07, 6.45) is 2.58. The fraction of sp³-hybridized carbons (Fsp3) is 0.600. The quantitative estimate of drug-likeness (QED) is 0.717. The van der Waals surface area contributed by atoms with Crippen LogP contribution in [0.4, 0.5) is 0 Å². The number of halogens is 2. The van der Waals surface area contributed by atoms with Gasteiger partial charge in [0.2, 0.25) is 0 Å². The maximum Gasteiger partial charge on any atom is 0.138 e. The Hall–Kier alpha value is -0.520. The molecule has 1 fully saturated rings. The normalized spacial score (nSPS) is 23.2. The summed E-state index contributed by atoms with van der Waals surface area (Å²) in [4.78, 5) is 0. The second kappa shape index (κ2) is 8.20. The topological polar surface area (TPSA) is 61.7 Å². The zero-order valence-electron chi connectivity index (χ0n) is 11.8. The van der Waals surface area contributed by atoms with Gasteiger partial charge >= 0.3 is 0 Å². The van der Waals surface area contributed by atoms with Crippen molar-refractivity contribution < 1.29 is 14.9 Å². The lowest BCUT2D eigenvalue weighted by molar-refractivity contribution is 0.0992. The molecule has 1 aromatic rings.